The summed E-state index contributed by atoms with van der Waals surface area (Å²) < 4.78 is 2.12. The summed E-state index contributed by atoms with van der Waals surface area (Å²) in [7, 11) is 0. The molecule has 4 heteroatoms. The van der Waals surface area contributed by atoms with Gasteiger partial charge >= 0.3 is 0 Å². The standard InChI is InChI=1S/C25H29N3O/c26-13-18-5-4-6-19(11-18)14-27-15-20-12-22(17-27)24-10-9-23(25(29)28(24)16-20)21-7-2-1-3-8-21/h4-6,9-11,20-22H,1-3,7-8,12,14-17H2. The van der Waals surface area contributed by atoms with Crippen LogP contribution in [0.2, 0.25) is 0 Å². The van der Waals surface area contributed by atoms with E-state index in [0.717, 1.165) is 37.3 Å². The van der Waals surface area contributed by atoms with Gasteiger partial charge in [0, 0.05) is 43.4 Å². The van der Waals surface area contributed by atoms with Crippen LogP contribution in [-0.2, 0) is 13.1 Å². The van der Waals surface area contributed by atoms with Crippen molar-refractivity contribution in [2.75, 3.05) is 13.1 Å². The summed E-state index contributed by atoms with van der Waals surface area (Å²) >= 11 is 0. The molecule has 5 rings (SSSR count). The summed E-state index contributed by atoms with van der Waals surface area (Å²) in [4.78, 5) is 15.8. The maximum absolute atomic E-state index is 13.3. The first-order valence-electron chi connectivity index (χ1n) is 11.2. The van der Waals surface area contributed by atoms with Gasteiger partial charge in [-0.1, -0.05) is 37.5 Å². The van der Waals surface area contributed by atoms with Crippen molar-refractivity contribution in [2.24, 2.45) is 5.92 Å². The van der Waals surface area contributed by atoms with Crippen molar-refractivity contribution in [1.82, 2.24) is 9.47 Å². The van der Waals surface area contributed by atoms with Gasteiger partial charge in [-0.05, 0) is 54.9 Å². The van der Waals surface area contributed by atoms with Gasteiger partial charge in [0.25, 0.3) is 5.56 Å². The topological polar surface area (TPSA) is 49.0 Å². The molecule has 150 valence electrons. The molecule has 2 atom stereocenters. The highest BCUT2D eigenvalue weighted by Gasteiger charge is 2.35. The van der Waals surface area contributed by atoms with Gasteiger partial charge in [-0.2, -0.15) is 5.26 Å². The Morgan fingerprint density at radius 3 is 2.69 bits per heavy atom. The van der Waals surface area contributed by atoms with Gasteiger partial charge in [0.1, 0.15) is 0 Å². The quantitative estimate of drug-likeness (QED) is 0.785. The molecule has 1 saturated carbocycles. The largest absolute Gasteiger partial charge is 0.312 e. The third-order valence-corrected chi connectivity index (χ3v) is 7.22. The number of aromatic nitrogens is 1. The van der Waals surface area contributed by atoms with Crippen LogP contribution in [-0.4, -0.2) is 22.6 Å². The van der Waals surface area contributed by atoms with Crippen LogP contribution in [0.15, 0.2) is 41.2 Å². The molecule has 3 aliphatic rings. The highest BCUT2D eigenvalue weighted by molar-refractivity contribution is 5.33. The van der Waals surface area contributed by atoms with Crippen LogP contribution >= 0.6 is 0 Å². The second-order valence-corrected chi connectivity index (χ2v) is 9.27. The Labute approximate surface area is 172 Å². The van der Waals surface area contributed by atoms with Crippen molar-refractivity contribution in [2.45, 2.75) is 63.5 Å². The average molecular weight is 388 g/mol. The van der Waals surface area contributed by atoms with Crippen molar-refractivity contribution in [3.8, 4) is 6.07 Å². The summed E-state index contributed by atoms with van der Waals surface area (Å²) in [6.07, 6.45) is 7.39. The fourth-order valence-electron chi connectivity index (χ4n) is 5.91. The summed E-state index contributed by atoms with van der Waals surface area (Å²) in [5.41, 5.74) is 4.53. The minimum absolute atomic E-state index is 0.291. The van der Waals surface area contributed by atoms with Crippen LogP contribution in [0.5, 0.6) is 0 Å². The molecule has 1 aliphatic carbocycles. The molecule has 0 N–H and O–H groups in total. The number of likely N-dealkylation sites (tertiary alicyclic amines) is 1. The molecular formula is C25H29N3O. The van der Waals surface area contributed by atoms with E-state index in [0.29, 0.717) is 23.3 Å². The van der Waals surface area contributed by atoms with E-state index in [1.54, 1.807) is 0 Å². The Hall–Kier alpha value is -2.38. The van der Waals surface area contributed by atoms with Gasteiger partial charge in [-0.25, -0.2) is 0 Å². The molecule has 1 aromatic carbocycles. The number of rotatable bonds is 3. The zero-order valence-corrected chi connectivity index (χ0v) is 17.0. The van der Waals surface area contributed by atoms with Crippen LogP contribution in [0.1, 0.15) is 72.7 Å². The number of piperidine rings is 1. The SMILES string of the molecule is N#Cc1cccc(CN2CC3CC(C2)c2ccc(C4CCCCC4)c(=O)n2C3)c1. The number of benzene rings is 1. The van der Waals surface area contributed by atoms with Gasteiger partial charge in [0.05, 0.1) is 11.6 Å². The first-order chi connectivity index (χ1) is 14.2. The lowest BCUT2D eigenvalue weighted by atomic mass is 9.81. The molecule has 1 aromatic heterocycles. The smallest absolute Gasteiger partial charge is 0.254 e. The van der Waals surface area contributed by atoms with Crippen molar-refractivity contribution in [3.05, 3.63) is 69.1 Å². The van der Waals surface area contributed by atoms with Crippen LogP contribution < -0.4 is 5.56 Å². The van der Waals surface area contributed by atoms with E-state index in [1.807, 2.05) is 18.2 Å². The van der Waals surface area contributed by atoms with E-state index < -0.39 is 0 Å². The van der Waals surface area contributed by atoms with Crippen molar-refractivity contribution < 1.29 is 0 Å². The van der Waals surface area contributed by atoms with Crippen LogP contribution in [0, 0.1) is 17.2 Å². The number of hydrogen-bond donors (Lipinski definition) is 0. The monoisotopic (exact) mass is 387 g/mol. The molecule has 0 amide bonds. The number of nitriles is 1. The molecule has 29 heavy (non-hydrogen) atoms. The summed E-state index contributed by atoms with van der Waals surface area (Å²) in [6.45, 7) is 3.77. The lowest BCUT2D eigenvalue weighted by molar-refractivity contribution is 0.114. The lowest BCUT2D eigenvalue weighted by Crippen LogP contribution is -2.47. The Morgan fingerprint density at radius 1 is 1.00 bits per heavy atom. The predicted molar refractivity (Wildman–Crippen MR) is 114 cm³/mol. The van der Waals surface area contributed by atoms with Crippen molar-refractivity contribution in [1.29, 1.82) is 5.26 Å². The fourth-order valence-corrected chi connectivity index (χ4v) is 5.91. The summed E-state index contributed by atoms with van der Waals surface area (Å²) in [5.74, 6) is 1.45. The number of pyridine rings is 1. The minimum Gasteiger partial charge on any atom is -0.312 e. The molecule has 2 aromatic rings. The Bertz CT molecular complexity index is 996. The van der Waals surface area contributed by atoms with E-state index in [2.05, 4.69) is 33.7 Å². The zero-order chi connectivity index (χ0) is 19.8. The van der Waals surface area contributed by atoms with E-state index in [-0.39, 0.29) is 0 Å². The van der Waals surface area contributed by atoms with Crippen LogP contribution in [0.25, 0.3) is 0 Å². The van der Waals surface area contributed by atoms with Gasteiger partial charge in [0.15, 0.2) is 0 Å². The number of nitrogens with zero attached hydrogens (tertiary/aromatic N) is 3. The highest BCUT2D eigenvalue weighted by Crippen LogP contribution is 2.37. The van der Waals surface area contributed by atoms with Crippen LogP contribution in [0.3, 0.4) is 0 Å². The molecule has 0 radical (unpaired) electrons. The maximum atomic E-state index is 13.3. The van der Waals surface area contributed by atoms with Gasteiger partial charge in [-0.3, -0.25) is 9.69 Å². The summed E-state index contributed by atoms with van der Waals surface area (Å²) in [6, 6.07) is 14.6. The minimum atomic E-state index is 0.291. The normalized spacial score (nSPS) is 24.7. The Balaban J connectivity index is 1.37. The molecule has 2 bridgehead atoms. The van der Waals surface area contributed by atoms with E-state index in [4.69, 9.17) is 5.26 Å². The van der Waals surface area contributed by atoms with Gasteiger partial charge < -0.3 is 4.57 Å². The third kappa shape index (κ3) is 3.65. The Morgan fingerprint density at radius 2 is 1.86 bits per heavy atom. The lowest BCUT2D eigenvalue weighted by Gasteiger charge is -2.43. The van der Waals surface area contributed by atoms with E-state index in [1.165, 1.54) is 49.8 Å². The van der Waals surface area contributed by atoms with Crippen LogP contribution in [0.4, 0.5) is 0 Å². The van der Waals surface area contributed by atoms with Gasteiger partial charge in [0.2, 0.25) is 0 Å². The average Bonchev–Trinajstić information content (AvgIpc) is 2.75. The second kappa shape index (κ2) is 7.80. The fraction of sp³-hybridized carbons (Fsp3) is 0.520. The van der Waals surface area contributed by atoms with E-state index >= 15 is 0 Å². The maximum Gasteiger partial charge on any atom is 0.254 e. The molecule has 3 heterocycles. The third-order valence-electron chi connectivity index (χ3n) is 7.22. The molecule has 2 fully saturated rings. The number of fused-ring (bicyclic) bond motifs is 4. The molecule has 4 nitrogen and oxygen atoms in total. The van der Waals surface area contributed by atoms with Crippen molar-refractivity contribution in [3.63, 3.8) is 0 Å². The molecular weight excluding hydrogens is 358 g/mol. The molecule has 1 saturated heterocycles. The first-order valence-corrected chi connectivity index (χ1v) is 11.2. The first kappa shape index (κ1) is 18.6. The van der Waals surface area contributed by atoms with Crippen molar-refractivity contribution >= 4 is 0 Å². The van der Waals surface area contributed by atoms with Gasteiger partial charge in [-0.15, -0.1) is 0 Å². The number of hydrogen-bond acceptors (Lipinski definition) is 3. The molecule has 0 spiro atoms. The highest BCUT2D eigenvalue weighted by atomic mass is 16.1. The van der Waals surface area contributed by atoms with E-state index in [9.17, 15) is 4.79 Å². The second-order valence-electron chi connectivity index (χ2n) is 9.27. The summed E-state index contributed by atoms with van der Waals surface area (Å²) in [5, 5.41) is 9.15. The predicted octanol–water partition coefficient (Wildman–Crippen LogP) is 4.39. The molecule has 2 unspecified atom stereocenters. The zero-order valence-electron chi connectivity index (χ0n) is 17.0. The molecule has 2 aliphatic heterocycles. The Kier molecular flexibility index (Phi) is 5.01.